The van der Waals surface area contributed by atoms with Crippen LogP contribution in [0.15, 0.2) is 44.0 Å². The number of methoxy groups -OCH3 is 1. The van der Waals surface area contributed by atoms with Gasteiger partial charge in [-0.25, -0.2) is 0 Å². The summed E-state index contributed by atoms with van der Waals surface area (Å²) in [5.74, 6) is 1.33. The van der Waals surface area contributed by atoms with Crippen LogP contribution in [0.2, 0.25) is 0 Å². The highest BCUT2D eigenvalue weighted by Gasteiger charge is 2.45. The van der Waals surface area contributed by atoms with Crippen LogP contribution in [0, 0.1) is 0 Å². The molecule has 1 unspecified atom stereocenters. The summed E-state index contributed by atoms with van der Waals surface area (Å²) in [7, 11) is 1.58. The Balaban J connectivity index is 0.000000861. The molecule has 1 aliphatic heterocycles. The van der Waals surface area contributed by atoms with Crippen LogP contribution >= 0.6 is 0 Å². The van der Waals surface area contributed by atoms with Crippen molar-refractivity contribution in [2.75, 3.05) is 7.11 Å². The first-order valence-electron chi connectivity index (χ1n) is 6.19. The van der Waals surface area contributed by atoms with Crippen LogP contribution in [0.3, 0.4) is 0 Å². The Hall–Kier alpha value is -2.03. The fourth-order valence-electron chi connectivity index (χ4n) is 2.15. The van der Waals surface area contributed by atoms with Crippen molar-refractivity contribution in [2.24, 2.45) is 0 Å². The molecule has 0 aromatic heterocycles. The maximum Gasteiger partial charge on any atom is 0.210 e. The average molecular weight is 260 g/mol. The van der Waals surface area contributed by atoms with Gasteiger partial charge in [0, 0.05) is 6.42 Å². The van der Waals surface area contributed by atoms with Gasteiger partial charge in [0.15, 0.2) is 5.60 Å². The number of ether oxygens (including phenoxy) is 2. The van der Waals surface area contributed by atoms with E-state index in [1.807, 2.05) is 6.92 Å². The SMILES string of the molecule is C=C.C=CCC1(CC)Oc2ccc(OC)cc2C1=O. The third kappa shape index (κ3) is 2.55. The fourth-order valence-corrected chi connectivity index (χ4v) is 2.15. The first kappa shape index (κ1) is 15.0. The lowest BCUT2D eigenvalue weighted by Gasteiger charge is -2.23. The molecule has 1 aromatic carbocycles. The van der Waals surface area contributed by atoms with Gasteiger partial charge in [-0.1, -0.05) is 13.0 Å². The van der Waals surface area contributed by atoms with E-state index in [1.54, 1.807) is 31.4 Å². The van der Waals surface area contributed by atoms with Gasteiger partial charge in [-0.05, 0) is 24.6 Å². The number of rotatable bonds is 4. The smallest absolute Gasteiger partial charge is 0.210 e. The summed E-state index contributed by atoms with van der Waals surface area (Å²) < 4.78 is 10.9. The van der Waals surface area contributed by atoms with E-state index in [-0.39, 0.29) is 5.78 Å². The molecule has 3 nitrogen and oxygen atoms in total. The molecule has 0 N–H and O–H groups in total. The van der Waals surface area contributed by atoms with Crippen LogP contribution in [0.4, 0.5) is 0 Å². The summed E-state index contributed by atoms with van der Waals surface area (Å²) in [5.41, 5.74) is -0.163. The lowest BCUT2D eigenvalue weighted by molar-refractivity contribution is 0.0556. The first-order valence-corrected chi connectivity index (χ1v) is 6.19. The number of ketones is 1. The molecule has 19 heavy (non-hydrogen) atoms. The predicted octanol–water partition coefficient (Wildman–Crippen LogP) is 3.80. The highest BCUT2D eigenvalue weighted by molar-refractivity contribution is 6.07. The second-order valence-electron chi connectivity index (χ2n) is 4.13. The zero-order valence-electron chi connectivity index (χ0n) is 11.6. The highest BCUT2D eigenvalue weighted by Crippen LogP contribution is 2.40. The van der Waals surface area contributed by atoms with Crippen molar-refractivity contribution >= 4 is 5.78 Å². The normalized spacial score (nSPS) is 19.8. The van der Waals surface area contributed by atoms with Crippen LogP contribution < -0.4 is 9.47 Å². The molecule has 1 aromatic rings. The lowest BCUT2D eigenvalue weighted by atomic mass is 9.89. The second-order valence-corrected chi connectivity index (χ2v) is 4.13. The van der Waals surface area contributed by atoms with E-state index in [1.165, 1.54) is 0 Å². The number of hydrogen-bond acceptors (Lipinski definition) is 3. The van der Waals surface area contributed by atoms with Crippen molar-refractivity contribution in [1.82, 2.24) is 0 Å². The molecule has 0 radical (unpaired) electrons. The van der Waals surface area contributed by atoms with E-state index in [0.717, 1.165) is 0 Å². The van der Waals surface area contributed by atoms with Crippen molar-refractivity contribution in [3.8, 4) is 11.5 Å². The molecule has 0 spiro atoms. The van der Waals surface area contributed by atoms with E-state index < -0.39 is 5.60 Å². The van der Waals surface area contributed by atoms with Gasteiger partial charge in [0.05, 0.1) is 12.7 Å². The number of hydrogen-bond donors (Lipinski definition) is 0. The fraction of sp³-hybridized carbons (Fsp3) is 0.312. The zero-order valence-corrected chi connectivity index (χ0v) is 11.6. The van der Waals surface area contributed by atoms with Crippen LogP contribution in [-0.4, -0.2) is 18.5 Å². The van der Waals surface area contributed by atoms with Crippen molar-refractivity contribution in [1.29, 1.82) is 0 Å². The molecule has 2 rings (SSSR count). The van der Waals surface area contributed by atoms with Crippen LogP contribution in [0.1, 0.15) is 30.1 Å². The van der Waals surface area contributed by atoms with Gasteiger partial charge in [-0.15, -0.1) is 19.7 Å². The molecule has 0 fully saturated rings. The van der Waals surface area contributed by atoms with Gasteiger partial charge in [0.25, 0.3) is 0 Å². The van der Waals surface area contributed by atoms with Gasteiger partial charge in [-0.2, -0.15) is 0 Å². The maximum absolute atomic E-state index is 12.4. The molecule has 0 saturated heterocycles. The minimum atomic E-state index is -0.767. The van der Waals surface area contributed by atoms with E-state index in [4.69, 9.17) is 9.47 Å². The lowest BCUT2D eigenvalue weighted by Crippen LogP contribution is -2.38. The third-order valence-corrected chi connectivity index (χ3v) is 3.20. The number of carbonyl (C=O) groups is 1. The van der Waals surface area contributed by atoms with Crippen molar-refractivity contribution in [3.05, 3.63) is 49.6 Å². The Kier molecular flexibility index (Phi) is 4.93. The Morgan fingerprint density at radius 1 is 1.42 bits per heavy atom. The topological polar surface area (TPSA) is 35.5 Å². The molecule has 1 heterocycles. The van der Waals surface area contributed by atoms with Gasteiger partial charge in [0.2, 0.25) is 5.78 Å². The minimum absolute atomic E-state index is 0.0220. The van der Waals surface area contributed by atoms with Crippen molar-refractivity contribution in [2.45, 2.75) is 25.4 Å². The van der Waals surface area contributed by atoms with Crippen LogP contribution in [0.25, 0.3) is 0 Å². The van der Waals surface area contributed by atoms with Crippen LogP contribution in [-0.2, 0) is 0 Å². The third-order valence-electron chi connectivity index (χ3n) is 3.20. The van der Waals surface area contributed by atoms with E-state index in [9.17, 15) is 4.79 Å². The average Bonchev–Trinajstić information content (AvgIpc) is 2.74. The monoisotopic (exact) mass is 260 g/mol. The minimum Gasteiger partial charge on any atom is -0.497 e. The standard InChI is InChI=1S/C14H16O3.C2H4/c1-4-8-14(5-2)13(15)11-9-10(16-3)6-7-12(11)17-14;1-2/h4,6-7,9H,1,5,8H2,2-3H3;1-2H2. The summed E-state index contributed by atoms with van der Waals surface area (Å²) in [6, 6.07) is 5.32. The van der Waals surface area contributed by atoms with Gasteiger partial charge < -0.3 is 9.47 Å². The number of carbonyl (C=O) groups excluding carboxylic acids is 1. The number of benzene rings is 1. The number of Topliss-reactive ketones (excluding diaryl/α,β-unsaturated/α-hetero) is 1. The molecule has 1 aliphatic rings. The van der Waals surface area contributed by atoms with E-state index in [2.05, 4.69) is 19.7 Å². The summed E-state index contributed by atoms with van der Waals surface area (Å²) >= 11 is 0. The van der Waals surface area contributed by atoms with Crippen molar-refractivity contribution < 1.29 is 14.3 Å². The molecular formula is C16H20O3. The molecule has 102 valence electrons. The van der Waals surface area contributed by atoms with Gasteiger partial charge >= 0.3 is 0 Å². The Bertz CT molecular complexity index is 479. The molecule has 3 heteroatoms. The van der Waals surface area contributed by atoms with Crippen molar-refractivity contribution in [3.63, 3.8) is 0 Å². The summed E-state index contributed by atoms with van der Waals surface area (Å²) in [5, 5.41) is 0. The Morgan fingerprint density at radius 2 is 2.11 bits per heavy atom. The largest absolute Gasteiger partial charge is 0.497 e. The van der Waals surface area contributed by atoms with Crippen LogP contribution in [0.5, 0.6) is 11.5 Å². The summed E-state index contributed by atoms with van der Waals surface area (Å²) in [6.07, 6.45) is 2.89. The van der Waals surface area contributed by atoms with E-state index in [0.29, 0.717) is 29.9 Å². The summed E-state index contributed by atoms with van der Waals surface area (Å²) in [4.78, 5) is 12.4. The molecule has 0 bridgehead atoms. The molecule has 0 saturated carbocycles. The Labute approximate surface area is 114 Å². The Morgan fingerprint density at radius 3 is 2.63 bits per heavy atom. The zero-order chi connectivity index (χ0) is 14.5. The second kappa shape index (κ2) is 6.23. The van der Waals surface area contributed by atoms with Gasteiger partial charge in [-0.3, -0.25) is 4.79 Å². The molecule has 0 aliphatic carbocycles. The highest BCUT2D eigenvalue weighted by atomic mass is 16.5. The molecule has 1 atom stereocenters. The summed E-state index contributed by atoms with van der Waals surface area (Å²) in [6.45, 7) is 11.6. The quantitative estimate of drug-likeness (QED) is 0.772. The first-order chi connectivity index (χ1) is 9.16. The molecular weight excluding hydrogens is 240 g/mol. The van der Waals surface area contributed by atoms with Gasteiger partial charge in [0.1, 0.15) is 11.5 Å². The number of fused-ring (bicyclic) bond motifs is 1. The maximum atomic E-state index is 12.4. The van der Waals surface area contributed by atoms with E-state index >= 15 is 0 Å². The molecule has 0 amide bonds. The predicted molar refractivity (Wildman–Crippen MR) is 77.0 cm³/mol.